The molecule has 3 rings (SSSR count). The first-order valence-corrected chi connectivity index (χ1v) is 5.83. The van der Waals surface area contributed by atoms with Gasteiger partial charge in [0.15, 0.2) is 6.23 Å². The smallest absolute Gasteiger partial charge is 0.164 e. The molecule has 1 aliphatic rings. The van der Waals surface area contributed by atoms with Gasteiger partial charge < -0.3 is 30.4 Å². The van der Waals surface area contributed by atoms with Gasteiger partial charge in [0.05, 0.1) is 12.0 Å². The van der Waals surface area contributed by atoms with Crippen molar-refractivity contribution in [1.29, 1.82) is 0 Å². The molecule has 1 fully saturated rings. The number of aliphatic hydroxyl groups is 3. The molecule has 0 amide bonds. The number of nitrogen functional groups attached to an aromatic ring is 1. The minimum absolute atomic E-state index is 0.329. The summed E-state index contributed by atoms with van der Waals surface area (Å²) < 4.78 is 7.01. The molecule has 0 aromatic carbocycles. The van der Waals surface area contributed by atoms with Crippen LogP contribution in [0.5, 0.6) is 0 Å². The van der Waals surface area contributed by atoms with E-state index in [1.54, 1.807) is 16.8 Å². The molecule has 4 atom stereocenters. The van der Waals surface area contributed by atoms with Crippen molar-refractivity contribution in [3.63, 3.8) is 0 Å². The van der Waals surface area contributed by atoms with Crippen molar-refractivity contribution in [3.8, 4) is 0 Å². The average molecular weight is 266 g/mol. The first-order valence-electron chi connectivity index (χ1n) is 5.83. The van der Waals surface area contributed by atoms with E-state index in [1.165, 1.54) is 6.33 Å². The van der Waals surface area contributed by atoms with Crippen molar-refractivity contribution in [1.82, 2.24) is 14.5 Å². The van der Waals surface area contributed by atoms with E-state index in [1.807, 2.05) is 0 Å². The van der Waals surface area contributed by atoms with Crippen LogP contribution in [0.25, 0.3) is 11.0 Å². The fourth-order valence-corrected chi connectivity index (χ4v) is 2.31. The zero-order chi connectivity index (χ0) is 13.6. The monoisotopic (exact) mass is 266 g/mol. The summed E-state index contributed by atoms with van der Waals surface area (Å²) in [5.74, 6) is 0.329. The summed E-state index contributed by atoms with van der Waals surface area (Å²) in [6, 6.07) is 1.71. The molecule has 1 saturated heterocycles. The standard InChI is InChI=1S/C11H14N4O4/c12-9-5-1-2-15(10(5)14-4-13-9)11-8(18)7(17)6(3-16)19-11/h1-2,4,6-8,11,16-18H,3H2,(H2,12,13,14)/t6-,7+,8+,11+/m1/s1. The van der Waals surface area contributed by atoms with Gasteiger partial charge in [-0.25, -0.2) is 9.97 Å². The molecule has 19 heavy (non-hydrogen) atoms. The second-order valence-electron chi connectivity index (χ2n) is 4.45. The highest BCUT2D eigenvalue weighted by molar-refractivity contribution is 5.86. The zero-order valence-corrected chi connectivity index (χ0v) is 9.92. The van der Waals surface area contributed by atoms with Crippen molar-refractivity contribution >= 4 is 16.9 Å². The molecular weight excluding hydrogens is 252 g/mol. The van der Waals surface area contributed by atoms with E-state index in [9.17, 15) is 10.2 Å². The zero-order valence-electron chi connectivity index (χ0n) is 9.92. The van der Waals surface area contributed by atoms with Crippen molar-refractivity contribution in [2.45, 2.75) is 24.5 Å². The van der Waals surface area contributed by atoms with Gasteiger partial charge in [-0.15, -0.1) is 0 Å². The number of rotatable bonds is 2. The molecule has 0 saturated carbocycles. The van der Waals surface area contributed by atoms with Crippen LogP contribution in [0.3, 0.4) is 0 Å². The van der Waals surface area contributed by atoms with Crippen LogP contribution in [0.15, 0.2) is 18.6 Å². The van der Waals surface area contributed by atoms with Gasteiger partial charge in [-0.3, -0.25) is 0 Å². The molecule has 0 radical (unpaired) electrons. The second-order valence-corrected chi connectivity index (χ2v) is 4.45. The number of hydrogen-bond donors (Lipinski definition) is 4. The van der Waals surface area contributed by atoms with Gasteiger partial charge in [-0.1, -0.05) is 0 Å². The molecule has 2 aromatic heterocycles. The Morgan fingerprint density at radius 3 is 2.79 bits per heavy atom. The second kappa shape index (κ2) is 4.42. The van der Waals surface area contributed by atoms with Crippen molar-refractivity contribution < 1.29 is 20.1 Å². The molecule has 0 aliphatic carbocycles. The third kappa shape index (κ3) is 1.77. The Morgan fingerprint density at radius 1 is 1.32 bits per heavy atom. The predicted molar refractivity (Wildman–Crippen MR) is 64.9 cm³/mol. The Kier molecular flexibility index (Phi) is 2.86. The Labute approximate surface area is 108 Å². The first-order chi connectivity index (χ1) is 9.13. The Balaban J connectivity index is 2.04. The van der Waals surface area contributed by atoms with Crippen LogP contribution in [0.2, 0.25) is 0 Å². The normalized spacial score (nSPS) is 31.1. The quantitative estimate of drug-likeness (QED) is 0.528. The van der Waals surface area contributed by atoms with Crippen LogP contribution in [-0.2, 0) is 4.74 Å². The lowest BCUT2D eigenvalue weighted by Crippen LogP contribution is -2.33. The van der Waals surface area contributed by atoms with Crippen molar-refractivity contribution in [3.05, 3.63) is 18.6 Å². The molecule has 0 unspecified atom stereocenters. The van der Waals surface area contributed by atoms with E-state index in [0.29, 0.717) is 16.9 Å². The maximum Gasteiger partial charge on any atom is 0.164 e. The summed E-state index contributed by atoms with van der Waals surface area (Å²) >= 11 is 0. The number of aliphatic hydroxyl groups excluding tert-OH is 3. The van der Waals surface area contributed by atoms with Crippen LogP contribution in [0, 0.1) is 0 Å². The molecule has 2 aromatic rings. The van der Waals surface area contributed by atoms with E-state index in [4.69, 9.17) is 15.6 Å². The maximum atomic E-state index is 9.98. The lowest BCUT2D eigenvalue weighted by atomic mass is 10.1. The molecule has 8 heteroatoms. The molecule has 0 spiro atoms. The van der Waals surface area contributed by atoms with Crippen molar-refractivity contribution in [2.24, 2.45) is 0 Å². The summed E-state index contributed by atoms with van der Waals surface area (Å²) in [6.45, 7) is -0.370. The average Bonchev–Trinajstić information content (AvgIpc) is 2.94. The highest BCUT2D eigenvalue weighted by Gasteiger charge is 2.43. The molecule has 1 aliphatic heterocycles. The van der Waals surface area contributed by atoms with Crippen molar-refractivity contribution in [2.75, 3.05) is 12.3 Å². The van der Waals surface area contributed by atoms with Crippen LogP contribution in [0.4, 0.5) is 5.82 Å². The number of hydrogen-bond acceptors (Lipinski definition) is 7. The highest BCUT2D eigenvalue weighted by Crippen LogP contribution is 2.32. The lowest BCUT2D eigenvalue weighted by molar-refractivity contribution is -0.0508. The van der Waals surface area contributed by atoms with Gasteiger partial charge in [0.1, 0.15) is 36.1 Å². The summed E-state index contributed by atoms with van der Waals surface area (Å²) in [5.41, 5.74) is 6.23. The third-order valence-corrected chi connectivity index (χ3v) is 3.33. The van der Waals surface area contributed by atoms with E-state index in [2.05, 4.69) is 9.97 Å². The number of nitrogens with zero attached hydrogens (tertiary/aromatic N) is 3. The topological polar surface area (TPSA) is 127 Å². The SMILES string of the molecule is Nc1ncnc2c1ccn2[C@H]1O[C@H](CO)[C@H](O)[C@@H]1O. The molecular formula is C11H14N4O4. The fraction of sp³-hybridized carbons (Fsp3) is 0.455. The summed E-state index contributed by atoms with van der Waals surface area (Å²) in [6.07, 6.45) is -0.975. The molecule has 102 valence electrons. The van der Waals surface area contributed by atoms with Crippen LogP contribution in [-0.4, -0.2) is 54.8 Å². The van der Waals surface area contributed by atoms with Gasteiger partial charge >= 0.3 is 0 Å². The highest BCUT2D eigenvalue weighted by atomic mass is 16.6. The van der Waals surface area contributed by atoms with Gasteiger partial charge in [-0.05, 0) is 6.07 Å². The van der Waals surface area contributed by atoms with Crippen LogP contribution < -0.4 is 5.73 Å². The third-order valence-electron chi connectivity index (χ3n) is 3.33. The predicted octanol–water partition coefficient (Wildman–Crippen LogP) is -1.38. The molecule has 5 N–H and O–H groups in total. The number of nitrogens with two attached hydrogens (primary N) is 1. The number of aromatic nitrogens is 3. The van der Waals surface area contributed by atoms with Gasteiger partial charge in [0.2, 0.25) is 0 Å². The van der Waals surface area contributed by atoms with Crippen LogP contribution >= 0.6 is 0 Å². The molecule has 3 heterocycles. The Hall–Kier alpha value is -1.74. The Bertz CT molecular complexity index is 601. The minimum Gasteiger partial charge on any atom is -0.394 e. The van der Waals surface area contributed by atoms with Gasteiger partial charge in [0, 0.05) is 6.20 Å². The Morgan fingerprint density at radius 2 is 2.11 bits per heavy atom. The maximum absolute atomic E-state index is 9.98. The fourth-order valence-electron chi connectivity index (χ4n) is 2.31. The van der Waals surface area contributed by atoms with E-state index in [0.717, 1.165) is 0 Å². The summed E-state index contributed by atoms with van der Waals surface area (Å²) in [7, 11) is 0. The van der Waals surface area contributed by atoms with E-state index < -0.39 is 24.5 Å². The number of fused-ring (bicyclic) bond motifs is 1. The van der Waals surface area contributed by atoms with E-state index >= 15 is 0 Å². The van der Waals surface area contributed by atoms with E-state index in [-0.39, 0.29) is 6.61 Å². The molecule has 0 bridgehead atoms. The van der Waals surface area contributed by atoms with Crippen LogP contribution in [0.1, 0.15) is 6.23 Å². The lowest BCUT2D eigenvalue weighted by Gasteiger charge is -2.17. The minimum atomic E-state index is -1.15. The summed E-state index contributed by atoms with van der Waals surface area (Å²) in [5, 5.41) is 29.4. The number of anilines is 1. The number of ether oxygens (including phenoxy) is 1. The van der Waals surface area contributed by atoms with Gasteiger partial charge in [-0.2, -0.15) is 0 Å². The first kappa shape index (κ1) is 12.3. The largest absolute Gasteiger partial charge is 0.394 e. The molecule has 8 nitrogen and oxygen atoms in total. The summed E-state index contributed by atoms with van der Waals surface area (Å²) in [4.78, 5) is 7.97. The van der Waals surface area contributed by atoms with Gasteiger partial charge in [0.25, 0.3) is 0 Å².